The zero-order valence-electron chi connectivity index (χ0n) is 12.7. The molecule has 0 unspecified atom stereocenters. The van der Waals surface area contributed by atoms with Gasteiger partial charge >= 0.3 is 11.7 Å². The van der Waals surface area contributed by atoms with Crippen molar-refractivity contribution in [2.75, 3.05) is 30.8 Å². The van der Waals surface area contributed by atoms with E-state index in [1.54, 1.807) is 0 Å². The Bertz CT molecular complexity index is 635. The normalized spacial score (nSPS) is 18.2. The fourth-order valence-corrected chi connectivity index (χ4v) is 4.13. The lowest BCUT2D eigenvalue weighted by atomic mass is 10.1. The first-order chi connectivity index (χ1) is 10.8. The lowest BCUT2D eigenvalue weighted by Crippen LogP contribution is -2.34. The highest BCUT2D eigenvalue weighted by atomic mass is 32.3. The van der Waals surface area contributed by atoms with Gasteiger partial charge in [-0.3, -0.25) is 23.5 Å². The van der Waals surface area contributed by atoms with Crippen molar-refractivity contribution in [3.05, 3.63) is 27.8 Å². The molecule has 0 saturated carbocycles. The molecule has 1 aromatic carbocycles. The molecule has 2 N–H and O–H groups in total. The maximum absolute atomic E-state index is 11.8. The Kier molecular flexibility index (Phi) is 4.97. The largest absolute Gasteiger partial charge is 0.489 e. The van der Waals surface area contributed by atoms with Crippen LogP contribution in [0.4, 0.5) is 11.4 Å². The van der Waals surface area contributed by atoms with E-state index >= 15 is 0 Å². The molecule has 0 aliphatic carbocycles. The summed E-state index contributed by atoms with van der Waals surface area (Å²) in [5.74, 6) is -0.720. The van der Waals surface area contributed by atoms with Gasteiger partial charge < -0.3 is 9.47 Å². The molecule has 23 heavy (non-hydrogen) atoms. The van der Waals surface area contributed by atoms with E-state index in [1.807, 2.05) is 0 Å². The van der Waals surface area contributed by atoms with E-state index in [4.69, 9.17) is 4.74 Å². The average molecular weight is 346 g/mol. The van der Waals surface area contributed by atoms with Crippen molar-refractivity contribution in [1.82, 2.24) is 0 Å². The topological polar surface area (TPSA) is 122 Å². The fraction of sp³-hybridized carbons (Fsp3) is 0.462. The highest BCUT2D eigenvalue weighted by Gasteiger charge is 2.33. The molecule has 1 saturated heterocycles. The Balaban J connectivity index is 2.66. The second-order valence-corrected chi connectivity index (χ2v) is 7.06. The summed E-state index contributed by atoms with van der Waals surface area (Å²) < 4.78 is 31.5. The van der Waals surface area contributed by atoms with Crippen molar-refractivity contribution in [1.29, 1.82) is 0 Å². The van der Waals surface area contributed by atoms with Crippen LogP contribution < -0.4 is 9.04 Å². The van der Waals surface area contributed by atoms with Crippen LogP contribution in [0.25, 0.3) is 0 Å². The van der Waals surface area contributed by atoms with Gasteiger partial charge in [-0.05, 0) is 18.9 Å². The highest BCUT2D eigenvalue weighted by Crippen LogP contribution is 2.53. The van der Waals surface area contributed by atoms with Gasteiger partial charge in [-0.25, -0.2) is 4.79 Å². The number of carbonyl (C=O) groups is 1. The van der Waals surface area contributed by atoms with E-state index in [0.29, 0.717) is 19.4 Å². The summed E-state index contributed by atoms with van der Waals surface area (Å²) in [4.78, 5) is 22.3. The second-order valence-electron chi connectivity index (χ2n) is 4.94. The van der Waals surface area contributed by atoms with E-state index in [0.717, 1.165) is 13.2 Å². The number of hydrogen-bond acceptors (Lipinski definition) is 8. The van der Waals surface area contributed by atoms with Crippen molar-refractivity contribution in [2.24, 2.45) is 0 Å². The molecule has 9 nitrogen and oxygen atoms in total. The average Bonchev–Trinajstić information content (AvgIpc) is 2.52. The molecule has 1 aromatic rings. The van der Waals surface area contributed by atoms with Crippen LogP contribution in [-0.4, -0.2) is 46.5 Å². The smallest absolute Gasteiger partial charge is 0.338 e. The Labute approximate surface area is 134 Å². The molecule has 1 aliphatic heterocycles. The van der Waals surface area contributed by atoms with Gasteiger partial charge in [0.2, 0.25) is 5.75 Å². The summed E-state index contributed by atoms with van der Waals surface area (Å²) in [5, 5.41) is 11.3. The van der Waals surface area contributed by atoms with Gasteiger partial charge in [0, 0.05) is 12.6 Å². The molecule has 0 aromatic heterocycles. The molecular formula is C13H18N2O7S. The summed E-state index contributed by atoms with van der Waals surface area (Å²) in [5.41, 5.74) is -0.399. The van der Waals surface area contributed by atoms with Crippen molar-refractivity contribution in [2.45, 2.75) is 12.8 Å². The van der Waals surface area contributed by atoms with Crippen LogP contribution in [0.2, 0.25) is 0 Å². The van der Waals surface area contributed by atoms with Gasteiger partial charge in [-0.2, -0.15) is 0 Å². The molecule has 2 rings (SSSR count). The first kappa shape index (κ1) is 17.3. The number of nitro groups is 1. The van der Waals surface area contributed by atoms with Gasteiger partial charge in [0.1, 0.15) is 5.69 Å². The molecular weight excluding hydrogens is 328 g/mol. The summed E-state index contributed by atoms with van der Waals surface area (Å²) in [6.45, 7) is 0.292. The van der Waals surface area contributed by atoms with Crippen LogP contribution in [0.5, 0.6) is 5.75 Å². The minimum atomic E-state index is -3.12. The highest BCUT2D eigenvalue weighted by molar-refractivity contribution is 8.25. The van der Waals surface area contributed by atoms with E-state index < -0.39 is 27.4 Å². The van der Waals surface area contributed by atoms with Gasteiger partial charge in [0.05, 0.1) is 30.5 Å². The van der Waals surface area contributed by atoms with Gasteiger partial charge in [0.15, 0.2) is 0 Å². The predicted octanol–water partition coefficient (Wildman–Crippen LogP) is 2.66. The van der Waals surface area contributed by atoms with Crippen LogP contribution >= 0.6 is 10.8 Å². The van der Waals surface area contributed by atoms with E-state index in [2.05, 4.69) is 4.74 Å². The maximum Gasteiger partial charge on any atom is 0.338 e. The molecule has 128 valence electrons. The SMILES string of the molecule is COC(=O)c1cc(N2CCCCS2(O)O)c(OC)c([N+](=O)[O-])c1. The lowest BCUT2D eigenvalue weighted by Gasteiger charge is -2.47. The predicted molar refractivity (Wildman–Crippen MR) is 85.3 cm³/mol. The molecule has 1 fully saturated rings. The summed E-state index contributed by atoms with van der Waals surface area (Å²) >= 11 is 0. The number of rotatable bonds is 4. The number of nitro benzene ring substituents is 1. The van der Waals surface area contributed by atoms with Crippen LogP contribution in [0, 0.1) is 10.1 Å². The van der Waals surface area contributed by atoms with Crippen LogP contribution in [-0.2, 0) is 4.74 Å². The molecule has 10 heteroatoms. The van der Waals surface area contributed by atoms with Crippen molar-refractivity contribution in [3.63, 3.8) is 0 Å². The fourth-order valence-electron chi connectivity index (χ4n) is 2.45. The third-order valence-electron chi connectivity index (χ3n) is 3.52. The lowest BCUT2D eigenvalue weighted by molar-refractivity contribution is -0.385. The molecule has 0 amide bonds. The summed E-state index contributed by atoms with van der Waals surface area (Å²) in [7, 11) is -0.714. The molecule has 0 radical (unpaired) electrons. The van der Waals surface area contributed by atoms with Crippen molar-refractivity contribution < 1.29 is 28.3 Å². The molecule has 1 aliphatic rings. The van der Waals surface area contributed by atoms with E-state index in [1.165, 1.54) is 17.5 Å². The van der Waals surface area contributed by atoms with Crippen LogP contribution in [0.1, 0.15) is 23.2 Å². The first-order valence-electron chi connectivity index (χ1n) is 6.80. The first-order valence-corrected chi connectivity index (χ1v) is 8.47. The number of anilines is 1. The third kappa shape index (κ3) is 3.33. The van der Waals surface area contributed by atoms with Crippen LogP contribution in [0.3, 0.4) is 0 Å². The number of methoxy groups -OCH3 is 2. The van der Waals surface area contributed by atoms with E-state index in [-0.39, 0.29) is 22.8 Å². The van der Waals surface area contributed by atoms with Gasteiger partial charge in [-0.1, -0.05) is 0 Å². The Hall–Kier alpha value is -2.04. The minimum absolute atomic E-state index is 0.0595. The van der Waals surface area contributed by atoms with Crippen LogP contribution in [0.15, 0.2) is 12.1 Å². The minimum Gasteiger partial charge on any atom is -0.489 e. The molecule has 0 atom stereocenters. The quantitative estimate of drug-likeness (QED) is 0.484. The number of carbonyl (C=O) groups excluding carboxylic acids is 1. The number of esters is 1. The maximum atomic E-state index is 11.8. The standard InChI is InChI=1S/C13H18N2O7S/c1-21-12-10(14-5-3-4-6-23(14,19)20)7-9(13(16)22-2)8-11(12)15(17)18/h7-8,19-20H,3-6H2,1-2H3. The zero-order valence-corrected chi connectivity index (χ0v) is 13.5. The van der Waals surface area contributed by atoms with Crippen molar-refractivity contribution in [3.8, 4) is 5.75 Å². The molecule has 0 bridgehead atoms. The number of benzene rings is 1. The number of ether oxygens (including phenoxy) is 2. The Morgan fingerprint density at radius 2 is 2.04 bits per heavy atom. The molecule has 1 heterocycles. The number of hydrogen-bond donors (Lipinski definition) is 2. The monoisotopic (exact) mass is 346 g/mol. The Morgan fingerprint density at radius 1 is 1.35 bits per heavy atom. The summed E-state index contributed by atoms with van der Waals surface area (Å²) in [6.07, 6.45) is 1.33. The van der Waals surface area contributed by atoms with E-state index in [9.17, 15) is 24.0 Å². The zero-order chi connectivity index (χ0) is 17.2. The second kappa shape index (κ2) is 6.60. The number of nitrogens with zero attached hydrogens (tertiary/aromatic N) is 2. The molecule has 0 spiro atoms. The Morgan fingerprint density at radius 3 is 2.57 bits per heavy atom. The summed E-state index contributed by atoms with van der Waals surface area (Å²) in [6, 6.07) is 2.36. The van der Waals surface area contributed by atoms with Gasteiger partial charge in [0.25, 0.3) is 0 Å². The van der Waals surface area contributed by atoms with Crippen molar-refractivity contribution >= 4 is 28.1 Å². The van der Waals surface area contributed by atoms with Gasteiger partial charge in [-0.15, -0.1) is 10.8 Å². The third-order valence-corrected chi connectivity index (χ3v) is 5.44.